The molecule has 0 fully saturated rings. The molecule has 7 heteroatoms. The number of methoxy groups -OCH3 is 1. The lowest BCUT2D eigenvalue weighted by molar-refractivity contribution is 0.410. The molecular formula is C19H19N5OS. The van der Waals surface area contributed by atoms with Gasteiger partial charge in [-0.25, -0.2) is 9.97 Å². The van der Waals surface area contributed by atoms with E-state index < -0.39 is 0 Å². The van der Waals surface area contributed by atoms with Gasteiger partial charge in [0.25, 0.3) is 0 Å². The van der Waals surface area contributed by atoms with E-state index in [2.05, 4.69) is 43.9 Å². The second kappa shape index (κ2) is 6.76. The molecule has 4 rings (SSSR count). The fourth-order valence-corrected chi connectivity index (χ4v) is 3.53. The number of nitrogens with zero attached hydrogens (tertiary/aromatic N) is 3. The molecule has 4 aromatic rings. The number of imidazole rings is 1. The molecule has 0 aliphatic heterocycles. The van der Waals surface area contributed by atoms with Crippen molar-refractivity contribution in [1.29, 1.82) is 0 Å². The highest BCUT2D eigenvalue weighted by molar-refractivity contribution is 7.71. The van der Waals surface area contributed by atoms with Crippen LogP contribution in [0.5, 0.6) is 5.75 Å². The highest BCUT2D eigenvalue weighted by Crippen LogP contribution is 2.26. The van der Waals surface area contributed by atoms with Crippen LogP contribution in [0.1, 0.15) is 12.5 Å². The van der Waals surface area contributed by atoms with Gasteiger partial charge in [-0.1, -0.05) is 18.2 Å². The Morgan fingerprint density at radius 1 is 1.23 bits per heavy atom. The predicted molar refractivity (Wildman–Crippen MR) is 106 cm³/mol. The SMILES string of the molecule is CCn1c(=S)[nH]c2cc3c(NCc4ccccc4OC)ncnc3cc21. The zero-order valence-electron chi connectivity index (χ0n) is 14.6. The number of fused-ring (bicyclic) bond motifs is 2. The van der Waals surface area contributed by atoms with Crippen LogP contribution >= 0.6 is 12.2 Å². The number of para-hydroxylation sites is 1. The summed E-state index contributed by atoms with van der Waals surface area (Å²) in [5, 5.41) is 4.35. The summed E-state index contributed by atoms with van der Waals surface area (Å²) in [4.78, 5) is 12.1. The molecule has 6 nitrogen and oxygen atoms in total. The van der Waals surface area contributed by atoms with Gasteiger partial charge >= 0.3 is 0 Å². The van der Waals surface area contributed by atoms with E-state index in [1.807, 2.05) is 24.3 Å². The Kier molecular flexibility index (Phi) is 4.30. The van der Waals surface area contributed by atoms with E-state index in [1.54, 1.807) is 13.4 Å². The van der Waals surface area contributed by atoms with E-state index in [9.17, 15) is 0 Å². The molecule has 2 heterocycles. The largest absolute Gasteiger partial charge is 0.496 e. The summed E-state index contributed by atoms with van der Waals surface area (Å²) in [5.74, 6) is 1.64. The summed E-state index contributed by atoms with van der Waals surface area (Å²) >= 11 is 5.41. The smallest absolute Gasteiger partial charge is 0.178 e. The minimum absolute atomic E-state index is 0.611. The number of hydrogen-bond acceptors (Lipinski definition) is 5. The number of aromatic nitrogens is 4. The molecule has 2 aromatic carbocycles. The van der Waals surface area contributed by atoms with Gasteiger partial charge in [0.15, 0.2) is 4.77 Å². The van der Waals surface area contributed by atoms with E-state index in [-0.39, 0.29) is 0 Å². The van der Waals surface area contributed by atoms with Gasteiger partial charge in [-0.05, 0) is 37.3 Å². The summed E-state index contributed by atoms with van der Waals surface area (Å²) in [5.41, 5.74) is 3.99. The van der Waals surface area contributed by atoms with E-state index in [1.165, 1.54) is 0 Å². The van der Waals surface area contributed by atoms with Crippen molar-refractivity contribution in [3.8, 4) is 5.75 Å². The van der Waals surface area contributed by atoms with Gasteiger partial charge in [-0.2, -0.15) is 0 Å². The lowest BCUT2D eigenvalue weighted by Crippen LogP contribution is -2.04. The first-order valence-electron chi connectivity index (χ1n) is 8.44. The van der Waals surface area contributed by atoms with Crippen LogP contribution in [0.25, 0.3) is 21.9 Å². The van der Waals surface area contributed by atoms with Crippen LogP contribution in [0.4, 0.5) is 5.82 Å². The van der Waals surface area contributed by atoms with Crippen molar-refractivity contribution in [1.82, 2.24) is 19.5 Å². The van der Waals surface area contributed by atoms with Crippen LogP contribution in [0.15, 0.2) is 42.7 Å². The number of benzene rings is 2. The molecule has 0 bridgehead atoms. The molecule has 26 heavy (non-hydrogen) atoms. The molecule has 2 N–H and O–H groups in total. The molecular weight excluding hydrogens is 346 g/mol. The Labute approximate surface area is 155 Å². The molecule has 0 atom stereocenters. The van der Waals surface area contributed by atoms with E-state index in [0.29, 0.717) is 11.3 Å². The van der Waals surface area contributed by atoms with Gasteiger partial charge in [-0.3, -0.25) is 0 Å². The predicted octanol–water partition coefficient (Wildman–Crippen LogP) is 4.28. The molecule has 0 unspecified atom stereocenters. The fourth-order valence-electron chi connectivity index (χ4n) is 3.19. The van der Waals surface area contributed by atoms with Gasteiger partial charge in [0.1, 0.15) is 17.9 Å². The van der Waals surface area contributed by atoms with E-state index in [0.717, 1.165) is 45.6 Å². The number of aryl methyl sites for hydroxylation is 1. The van der Waals surface area contributed by atoms with Gasteiger partial charge in [0.05, 0.1) is 23.7 Å². The summed E-state index contributed by atoms with van der Waals surface area (Å²) in [6.45, 7) is 3.50. The second-order valence-corrected chi connectivity index (χ2v) is 6.34. The van der Waals surface area contributed by atoms with Crippen LogP contribution in [0.3, 0.4) is 0 Å². The first-order valence-corrected chi connectivity index (χ1v) is 8.85. The zero-order valence-corrected chi connectivity index (χ0v) is 15.4. The Bertz CT molecular complexity index is 1150. The number of anilines is 1. The minimum atomic E-state index is 0.611. The molecule has 2 aromatic heterocycles. The summed E-state index contributed by atoms with van der Waals surface area (Å²) in [6.07, 6.45) is 1.58. The first kappa shape index (κ1) is 16.5. The monoisotopic (exact) mass is 365 g/mol. The van der Waals surface area contributed by atoms with E-state index in [4.69, 9.17) is 17.0 Å². The van der Waals surface area contributed by atoms with Crippen LogP contribution < -0.4 is 10.1 Å². The van der Waals surface area contributed by atoms with Gasteiger partial charge in [0, 0.05) is 24.0 Å². The van der Waals surface area contributed by atoms with Crippen molar-refractivity contribution in [2.45, 2.75) is 20.0 Å². The highest BCUT2D eigenvalue weighted by Gasteiger charge is 2.10. The Morgan fingerprint density at radius 2 is 2.08 bits per heavy atom. The number of ether oxygens (including phenoxy) is 1. The maximum absolute atomic E-state index is 5.42. The summed E-state index contributed by atoms with van der Waals surface area (Å²) < 4.78 is 8.20. The van der Waals surface area contributed by atoms with Crippen LogP contribution in [-0.4, -0.2) is 26.6 Å². The van der Waals surface area contributed by atoms with Crippen molar-refractivity contribution < 1.29 is 4.74 Å². The number of aromatic amines is 1. The molecule has 0 aliphatic rings. The average molecular weight is 365 g/mol. The van der Waals surface area contributed by atoms with Crippen LogP contribution in [0.2, 0.25) is 0 Å². The van der Waals surface area contributed by atoms with E-state index >= 15 is 0 Å². The third-order valence-electron chi connectivity index (χ3n) is 4.49. The van der Waals surface area contributed by atoms with Crippen molar-refractivity contribution in [3.63, 3.8) is 0 Å². The van der Waals surface area contributed by atoms with Crippen LogP contribution in [-0.2, 0) is 13.1 Å². The van der Waals surface area contributed by atoms with Crippen molar-refractivity contribution in [2.75, 3.05) is 12.4 Å². The molecule has 0 saturated carbocycles. The average Bonchev–Trinajstić information content (AvgIpc) is 2.98. The van der Waals surface area contributed by atoms with Gasteiger partial charge in [0.2, 0.25) is 0 Å². The standard InChI is InChI=1S/C19H19N5OS/c1-3-24-16-9-14-13(8-15(16)23-19(24)26)18(22-11-21-14)20-10-12-6-4-5-7-17(12)25-2/h4-9,11H,3,10H2,1-2H3,(H,23,26)(H,20,21,22). The van der Waals surface area contributed by atoms with Crippen molar-refractivity contribution in [3.05, 3.63) is 53.1 Å². The quantitative estimate of drug-likeness (QED) is 0.517. The van der Waals surface area contributed by atoms with Gasteiger partial charge < -0.3 is 19.6 Å². The third kappa shape index (κ3) is 2.80. The maximum atomic E-state index is 5.42. The zero-order chi connectivity index (χ0) is 18.1. The summed E-state index contributed by atoms with van der Waals surface area (Å²) in [7, 11) is 1.68. The lowest BCUT2D eigenvalue weighted by atomic mass is 10.2. The molecule has 132 valence electrons. The third-order valence-corrected chi connectivity index (χ3v) is 4.81. The topological polar surface area (TPSA) is 67.8 Å². The molecule has 0 spiro atoms. The molecule has 0 aliphatic carbocycles. The number of hydrogen-bond donors (Lipinski definition) is 2. The van der Waals surface area contributed by atoms with Crippen molar-refractivity contribution in [2.24, 2.45) is 0 Å². The second-order valence-electron chi connectivity index (χ2n) is 5.95. The number of rotatable bonds is 5. The first-order chi connectivity index (χ1) is 12.7. The fraction of sp³-hybridized carbons (Fsp3) is 0.211. The molecule has 0 amide bonds. The Hall–Kier alpha value is -2.93. The summed E-state index contributed by atoms with van der Waals surface area (Å²) in [6, 6.07) is 12.0. The highest BCUT2D eigenvalue weighted by atomic mass is 32.1. The van der Waals surface area contributed by atoms with Gasteiger partial charge in [-0.15, -0.1) is 0 Å². The maximum Gasteiger partial charge on any atom is 0.178 e. The minimum Gasteiger partial charge on any atom is -0.496 e. The Balaban J connectivity index is 1.76. The Morgan fingerprint density at radius 3 is 2.88 bits per heavy atom. The lowest BCUT2D eigenvalue weighted by Gasteiger charge is -2.11. The van der Waals surface area contributed by atoms with Crippen molar-refractivity contribution >= 4 is 40.0 Å². The molecule has 0 saturated heterocycles. The molecule has 0 radical (unpaired) electrons. The number of nitrogens with one attached hydrogen (secondary N) is 2. The normalized spacial score (nSPS) is 11.2. The van der Waals surface area contributed by atoms with Crippen LogP contribution in [0, 0.1) is 4.77 Å². The number of H-pyrrole nitrogens is 1.